The van der Waals surface area contributed by atoms with E-state index in [1.54, 1.807) is 0 Å². The van der Waals surface area contributed by atoms with Gasteiger partial charge in [0.1, 0.15) is 5.78 Å². The fraction of sp³-hybridized carbons (Fsp3) is 0.462. The Morgan fingerprint density at radius 3 is 3.07 bits per heavy atom. The predicted octanol–water partition coefficient (Wildman–Crippen LogP) is 2.86. The number of benzene rings is 1. The van der Waals surface area contributed by atoms with Gasteiger partial charge in [0.2, 0.25) is 0 Å². The third-order valence-electron chi connectivity index (χ3n) is 3.17. The van der Waals surface area contributed by atoms with Gasteiger partial charge in [0.05, 0.1) is 0 Å². The van der Waals surface area contributed by atoms with Crippen LogP contribution in [-0.4, -0.2) is 11.5 Å². The molecule has 1 nitrogen and oxygen atoms in total. The molecule has 0 aromatic heterocycles. The number of aryl methyl sites for hydroxylation is 1. The minimum Gasteiger partial charge on any atom is -0.299 e. The van der Waals surface area contributed by atoms with Crippen molar-refractivity contribution in [2.75, 3.05) is 5.75 Å². The van der Waals surface area contributed by atoms with E-state index in [0.717, 1.165) is 12.8 Å². The highest BCUT2D eigenvalue weighted by atomic mass is 32.2. The molecule has 1 aliphatic carbocycles. The van der Waals surface area contributed by atoms with Crippen LogP contribution in [-0.2, 0) is 17.6 Å². The van der Waals surface area contributed by atoms with Gasteiger partial charge >= 0.3 is 0 Å². The Morgan fingerprint density at radius 2 is 2.27 bits per heavy atom. The van der Waals surface area contributed by atoms with Crippen LogP contribution in [0, 0.1) is 5.92 Å². The molecule has 0 N–H and O–H groups in total. The number of thioether (sulfide) groups is 1. The van der Waals surface area contributed by atoms with Crippen molar-refractivity contribution < 1.29 is 4.79 Å². The molecule has 1 fully saturated rings. The van der Waals surface area contributed by atoms with Crippen molar-refractivity contribution in [3.8, 4) is 0 Å². The molecule has 0 radical (unpaired) electrons. The molecule has 0 spiro atoms. The van der Waals surface area contributed by atoms with Crippen molar-refractivity contribution in [1.82, 2.24) is 0 Å². The Bertz CT molecular complexity index is 407. The predicted molar refractivity (Wildman–Crippen MR) is 62.3 cm³/mol. The van der Waals surface area contributed by atoms with Gasteiger partial charge in [0.25, 0.3) is 0 Å². The largest absolute Gasteiger partial charge is 0.299 e. The summed E-state index contributed by atoms with van der Waals surface area (Å²) in [7, 11) is 0. The van der Waals surface area contributed by atoms with Gasteiger partial charge in [0.15, 0.2) is 0 Å². The highest BCUT2D eigenvalue weighted by molar-refractivity contribution is 7.99. The van der Waals surface area contributed by atoms with E-state index in [1.165, 1.54) is 28.2 Å². The van der Waals surface area contributed by atoms with Crippen LogP contribution in [0.15, 0.2) is 23.1 Å². The molecular formula is C13H14OS. The summed E-state index contributed by atoms with van der Waals surface area (Å²) in [6.45, 7) is 0. The summed E-state index contributed by atoms with van der Waals surface area (Å²) in [6, 6.07) is 6.54. The van der Waals surface area contributed by atoms with E-state index in [4.69, 9.17) is 0 Å². The molecule has 0 bridgehead atoms. The summed E-state index contributed by atoms with van der Waals surface area (Å²) in [5, 5.41) is 0. The molecule has 1 saturated carbocycles. The Kier molecular flexibility index (Phi) is 2.32. The lowest BCUT2D eigenvalue weighted by atomic mass is 10.0. The van der Waals surface area contributed by atoms with Crippen LogP contribution < -0.4 is 0 Å². The van der Waals surface area contributed by atoms with Gasteiger partial charge < -0.3 is 0 Å². The zero-order valence-electron chi connectivity index (χ0n) is 8.66. The first kappa shape index (κ1) is 9.46. The molecule has 0 saturated heterocycles. The molecule has 0 amide bonds. The number of hydrogen-bond acceptors (Lipinski definition) is 2. The second kappa shape index (κ2) is 3.67. The zero-order chi connectivity index (χ0) is 10.3. The monoisotopic (exact) mass is 218 g/mol. The standard InChI is InChI=1S/C13H14OS/c14-12(10-3-4-10)7-9-1-2-11-5-6-15-13(11)8-9/h1-2,8,10H,3-7H2. The molecule has 0 atom stereocenters. The van der Waals surface area contributed by atoms with Crippen LogP contribution in [0.1, 0.15) is 24.0 Å². The molecule has 2 heteroatoms. The lowest BCUT2D eigenvalue weighted by Crippen LogP contribution is -2.04. The molecule has 0 unspecified atom stereocenters. The fourth-order valence-corrected chi connectivity index (χ4v) is 3.20. The third kappa shape index (κ3) is 1.96. The summed E-state index contributed by atoms with van der Waals surface area (Å²) in [4.78, 5) is 13.1. The van der Waals surface area contributed by atoms with Crippen LogP contribution in [0.2, 0.25) is 0 Å². The quantitative estimate of drug-likeness (QED) is 0.776. The number of carbonyl (C=O) groups is 1. The van der Waals surface area contributed by atoms with Crippen molar-refractivity contribution in [2.24, 2.45) is 5.92 Å². The van der Waals surface area contributed by atoms with Gasteiger partial charge in [0, 0.05) is 23.0 Å². The van der Waals surface area contributed by atoms with E-state index in [0.29, 0.717) is 18.1 Å². The van der Waals surface area contributed by atoms with Crippen molar-refractivity contribution in [3.63, 3.8) is 0 Å². The second-order valence-electron chi connectivity index (χ2n) is 4.46. The summed E-state index contributed by atoms with van der Waals surface area (Å²) in [5.41, 5.74) is 2.67. The Morgan fingerprint density at radius 1 is 1.40 bits per heavy atom. The maximum atomic E-state index is 11.7. The van der Waals surface area contributed by atoms with Crippen molar-refractivity contribution in [1.29, 1.82) is 0 Å². The number of fused-ring (bicyclic) bond motifs is 1. The Labute approximate surface area is 94.3 Å². The highest BCUT2D eigenvalue weighted by Gasteiger charge is 2.29. The SMILES string of the molecule is O=C(Cc1ccc2c(c1)SCC2)C1CC1. The highest BCUT2D eigenvalue weighted by Crippen LogP contribution is 2.34. The minimum atomic E-state index is 0.394. The zero-order valence-corrected chi connectivity index (χ0v) is 9.48. The van der Waals surface area contributed by atoms with Gasteiger partial charge in [-0.25, -0.2) is 0 Å². The van der Waals surface area contributed by atoms with E-state index in [1.807, 2.05) is 11.8 Å². The first-order valence-corrected chi connectivity index (χ1v) is 6.59. The number of Topliss-reactive ketones (excluding diaryl/α,β-unsaturated/α-hetero) is 1. The number of carbonyl (C=O) groups excluding carboxylic acids is 1. The molecule has 15 heavy (non-hydrogen) atoms. The van der Waals surface area contributed by atoms with E-state index in [9.17, 15) is 4.79 Å². The summed E-state index contributed by atoms with van der Waals surface area (Å²) < 4.78 is 0. The molecule has 1 aromatic rings. The van der Waals surface area contributed by atoms with Gasteiger partial charge in [-0.3, -0.25) is 4.79 Å². The molecule has 3 rings (SSSR count). The van der Waals surface area contributed by atoms with Crippen LogP contribution in [0.4, 0.5) is 0 Å². The number of hydrogen-bond donors (Lipinski definition) is 0. The first-order chi connectivity index (χ1) is 7.33. The summed E-state index contributed by atoms with van der Waals surface area (Å²) in [5.74, 6) is 2.04. The maximum Gasteiger partial charge on any atom is 0.140 e. The average Bonchev–Trinajstić information content (AvgIpc) is 2.98. The van der Waals surface area contributed by atoms with Gasteiger partial charge in [-0.15, -0.1) is 11.8 Å². The number of rotatable bonds is 3. The average molecular weight is 218 g/mol. The van der Waals surface area contributed by atoms with Crippen LogP contribution in [0.5, 0.6) is 0 Å². The van der Waals surface area contributed by atoms with Crippen LogP contribution in [0.3, 0.4) is 0 Å². The van der Waals surface area contributed by atoms with Gasteiger partial charge in [-0.05, 0) is 36.5 Å². The van der Waals surface area contributed by atoms with E-state index in [-0.39, 0.29) is 0 Å². The Balaban J connectivity index is 1.77. The third-order valence-corrected chi connectivity index (χ3v) is 4.27. The van der Waals surface area contributed by atoms with Crippen molar-refractivity contribution in [2.45, 2.75) is 30.6 Å². The van der Waals surface area contributed by atoms with E-state index < -0.39 is 0 Å². The molecule has 1 aliphatic heterocycles. The summed E-state index contributed by atoms with van der Waals surface area (Å²) in [6.07, 6.45) is 4.09. The van der Waals surface area contributed by atoms with Crippen LogP contribution >= 0.6 is 11.8 Å². The van der Waals surface area contributed by atoms with E-state index in [2.05, 4.69) is 18.2 Å². The minimum absolute atomic E-state index is 0.394. The molecule has 2 aliphatic rings. The van der Waals surface area contributed by atoms with Gasteiger partial charge in [-0.2, -0.15) is 0 Å². The lowest BCUT2D eigenvalue weighted by Gasteiger charge is -2.03. The lowest BCUT2D eigenvalue weighted by molar-refractivity contribution is -0.119. The normalized spacial score (nSPS) is 18.9. The molecule has 78 valence electrons. The van der Waals surface area contributed by atoms with Crippen molar-refractivity contribution >= 4 is 17.5 Å². The van der Waals surface area contributed by atoms with Crippen molar-refractivity contribution in [3.05, 3.63) is 29.3 Å². The molecular weight excluding hydrogens is 204 g/mol. The first-order valence-electron chi connectivity index (χ1n) is 5.60. The molecule has 1 heterocycles. The number of ketones is 1. The summed E-state index contributed by atoms with van der Waals surface area (Å²) >= 11 is 1.92. The molecule has 1 aromatic carbocycles. The topological polar surface area (TPSA) is 17.1 Å². The Hall–Kier alpha value is -0.760. The van der Waals surface area contributed by atoms with Crippen LogP contribution in [0.25, 0.3) is 0 Å². The smallest absolute Gasteiger partial charge is 0.140 e. The van der Waals surface area contributed by atoms with E-state index >= 15 is 0 Å². The maximum absolute atomic E-state index is 11.7. The fourth-order valence-electron chi connectivity index (χ4n) is 2.07. The second-order valence-corrected chi connectivity index (χ2v) is 5.59. The van der Waals surface area contributed by atoms with Gasteiger partial charge in [-0.1, -0.05) is 12.1 Å².